The lowest BCUT2D eigenvalue weighted by molar-refractivity contribution is -0.143. The number of alkyl halides is 6. The smallest absolute Gasteiger partial charge is 0.416 e. The van der Waals surface area contributed by atoms with Crippen molar-refractivity contribution in [2.24, 2.45) is 0 Å². The SMILES string of the molecule is C[C@@H](OC[C@]1(c2ccccc2)CC[C@](COCc2ccccc2)(n2cn[nH]c2=O)CN1C(=O)OCc1ccccc1)c1cc(C(F)(F)F)cc(C(F)(F)F)c1. The second kappa shape index (κ2) is 16.1. The van der Waals surface area contributed by atoms with Crippen molar-refractivity contribution in [1.29, 1.82) is 0 Å². The van der Waals surface area contributed by atoms with Gasteiger partial charge in [-0.05, 0) is 60.2 Å². The Morgan fingerprint density at radius 2 is 1.36 bits per heavy atom. The summed E-state index contributed by atoms with van der Waals surface area (Å²) in [5.74, 6) is 0. The lowest BCUT2D eigenvalue weighted by atomic mass is 9.74. The van der Waals surface area contributed by atoms with Gasteiger partial charge in [-0.25, -0.2) is 14.7 Å². The van der Waals surface area contributed by atoms with E-state index in [4.69, 9.17) is 14.2 Å². The summed E-state index contributed by atoms with van der Waals surface area (Å²) in [6.07, 6.45) is -10.6. The summed E-state index contributed by atoms with van der Waals surface area (Å²) in [6.45, 7) is 0.833. The molecule has 3 atom stereocenters. The average molecular weight is 769 g/mol. The first-order valence-corrected chi connectivity index (χ1v) is 17.4. The number of aromatic amines is 1. The topological polar surface area (TPSA) is 98.7 Å². The van der Waals surface area contributed by atoms with Crippen molar-refractivity contribution in [3.63, 3.8) is 0 Å². The van der Waals surface area contributed by atoms with Crippen molar-refractivity contribution in [3.8, 4) is 0 Å². The summed E-state index contributed by atoms with van der Waals surface area (Å²) in [5.41, 5.74) is -4.30. The number of nitrogens with one attached hydrogen (secondary N) is 1. The third kappa shape index (κ3) is 8.94. The van der Waals surface area contributed by atoms with Gasteiger partial charge in [0.25, 0.3) is 0 Å². The maximum atomic E-state index is 14.5. The van der Waals surface area contributed by atoms with Gasteiger partial charge in [-0.2, -0.15) is 31.4 Å². The van der Waals surface area contributed by atoms with Crippen LogP contribution in [0.2, 0.25) is 0 Å². The van der Waals surface area contributed by atoms with Crippen LogP contribution < -0.4 is 5.69 Å². The minimum Gasteiger partial charge on any atom is -0.445 e. The predicted octanol–water partition coefficient (Wildman–Crippen LogP) is 8.63. The molecule has 0 aliphatic carbocycles. The van der Waals surface area contributed by atoms with E-state index >= 15 is 0 Å². The number of nitrogens with zero attached hydrogens (tertiary/aromatic N) is 3. The van der Waals surface area contributed by atoms with Gasteiger partial charge in [-0.1, -0.05) is 91.0 Å². The van der Waals surface area contributed by atoms with E-state index in [1.54, 1.807) is 54.6 Å². The summed E-state index contributed by atoms with van der Waals surface area (Å²) >= 11 is 0. The Hall–Kier alpha value is -5.41. The molecule has 0 spiro atoms. The van der Waals surface area contributed by atoms with Crippen LogP contribution in [-0.2, 0) is 50.9 Å². The first-order valence-electron chi connectivity index (χ1n) is 17.4. The Bertz CT molecular complexity index is 2060. The van der Waals surface area contributed by atoms with Crippen LogP contribution in [0.5, 0.6) is 0 Å². The lowest BCUT2D eigenvalue weighted by Crippen LogP contribution is -2.64. The molecule has 1 amide bonds. The average Bonchev–Trinajstić information content (AvgIpc) is 3.63. The minimum absolute atomic E-state index is 0.0453. The van der Waals surface area contributed by atoms with Crippen molar-refractivity contribution in [2.45, 2.75) is 62.5 Å². The number of halogens is 6. The number of hydrogen-bond acceptors (Lipinski definition) is 6. The van der Waals surface area contributed by atoms with E-state index in [0.717, 1.165) is 5.56 Å². The van der Waals surface area contributed by atoms with Gasteiger partial charge >= 0.3 is 24.1 Å². The van der Waals surface area contributed by atoms with Gasteiger partial charge in [0.15, 0.2) is 0 Å². The van der Waals surface area contributed by atoms with Crippen molar-refractivity contribution in [3.05, 3.63) is 159 Å². The fraction of sp³-hybridized carbons (Fsp3) is 0.325. The van der Waals surface area contributed by atoms with Gasteiger partial charge < -0.3 is 14.2 Å². The maximum absolute atomic E-state index is 14.5. The zero-order valence-corrected chi connectivity index (χ0v) is 29.6. The van der Waals surface area contributed by atoms with Crippen molar-refractivity contribution < 1.29 is 45.3 Å². The predicted molar refractivity (Wildman–Crippen MR) is 188 cm³/mol. The fourth-order valence-corrected chi connectivity index (χ4v) is 6.89. The van der Waals surface area contributed by atoms with Crippen LogP contribution in [0.15, 0.2) is 120 Å². The van der Waals surface area contributed by atoms with E-state index in [1.807, 2.05) is 36.4 Å². The molecule has 290 valence electrons. The zero-order chi connectivity index (χ0) is 39.3. The largest absolute Gasteiger partial charge is 0.445 e. The molecular formula is C40H38F6N4O5. The molecule has 15 heteroatoms. The summed E-state index contributed by atoms with van der Waals surface area (Å²) in [6, 6.07) is 28.3. The number of rotatable bonds is 12. The number of ether oxygens (including phenoxy) is 3. The highest BCUT2D eigenvalue weighted by Crippen LogP contribution is 2.46. The molecular weight excluding hydrogens is 730 g/mol. The van der Waals surface area contributed by atoms with E-state index in [0.29, 0.717) is 23.3 Å². The normalized spacial score (nSPS) is 19.6. The molecule has 2 heterocycles. The highest BCUT2D eigenvalue weighted by atomic mass is 19.4. The molecule has 0 bridgehead atoms. The number of amides is 1. The molecule has 1 aliphatic heterocycles. The van der Waals surface area contributed by atoms with Gasteiger partial charge in [0.1, 0.15) is 12.9 Å². The second-order valence-corrected chi connectivity index (χ2v) is 13.6. The quantitative estimate of drug-likeness (QED) is 0.128. The Balaban J connectivity index is 1.40. The number of piperidine rings is 1. The summed E-state index contributed by atoms with van der Waals surface area (Å²) < 4.78 is 102. The number of carbonyl (C=O) groups is 1. The Labute approximate surface area is 312 Å². The fourth-order valence-electron chi connectivity index (χ4n) is 6.89. The molecule has 1 aromatic heterocycles. The summed E-state index contributed by atoms with van der Waals surface area (Å²) in [5, 5.41) is 6.35. The molecule has 5 aromatic rings. The van der Waals surface area contributed by atoms with E-state index in [-0.39, 0.29) is 57.4 Å². The second-order valence-electron chi connectivity index (χ2n) is 13.6. The van der Waals surface area contributed by atoms with E-state index in [1.165, 1.54) is 22.7 Å². The molecule has 4 aromatic carbocycles. The molecule has 1 saturated heterocycles. The van der Waals surface area contributed by atoms with E-state index < -0.39 is 52.4 Å². The van der Waals surface area contributed by atoms with Crippen LogP contribution in [0.3, 0.4) is 0 Å². The van der Waals surface area contributed by atoms with E-state index in [2.05, 4.69) is 10.2 Å². The Kier molecular flexibility index (Phi) is 11.5. The monoisotopic (exact) mass is 768 g/mol. The van der Waals surface area contributed by atoms with Gasteiger partial charge in [0.05, 0.1) is 54.7 Å². The third-order valence-electron chi connectivity index (χ3n) is 9.91. The summed E-state index contributed by atoms with van der Waals surface area (Å²) in [7, 11) is 0. The third-order valence-corrected chi connectivity index (χ3v) is 9.91. The number of likely N-dealkylation sites (tertiary alicyclic amines) is 1. The molecule has 1 aliphatic rings. The highest BCUT2D eigenvalue weighted by Gasteiger charge is 2.53. The van der Waals surface area contributed by atoms with Crippen LogP contribution in [0, 0.1) is 0 Å². The van der Waals surface area contributed by atoms with Crippen LogP contribution in [0.1, 0.15) is 59.3 Å². The van der Waals surface area contributed by atoms with Crippen LogP contribution in [0.4, 0.5) is 31.1 Å². The van der Waals surface area contributed by atoms with Crippen molar-refractivity contribution >= 4 is 6.09 Å². The molecule has 0 radical (unpaired) electrons. The van der Waals surface area contributed by atoms with Crippen molar-refractivity contribution in [1.82, 2.24) is 19.7 Å². The molecule has 1 N–H and O–H groups in total. The van der Waals surface area contributed by atoms with E-state index in [9.17, 15) is 35.9 Å². The van der Waals surface area contributed by atoms with Gasteiger partial charge in [-0.15, -0.1) is 0 Å². The molecule has 0 saturated carbocycles. The van der Waals surface area contributed by atoms with Gasteiger partial charge in [0, 0.05) is 0 Å². The molecule has 1 fully saturated rings. The zero-order valence-electron chi connectivity index (χ0n) is 29.6. The standard InChI is InChI=1S/C40H38F6N4O5/c1-28(31-19-33(39(41,42)43)21-34(20-31)40(44,45)46)55-26-38(32-15-9-4-10-16-32)18-17-37(50-27-47-48-35(50)51,25-53-22-29-11-5-2-6-12-29)24-49(38)36(52)54-23-30-13-7-3-8-14-30/h2-16,19-21,27-28H,17-18,22-26H2,1H3,(H,48,51)/t28-,37+,38+/m1/s1. The number of aromatic nitrogens is 3. The minimum atomic E-state index is -5.05. The summed E-state index contributed by atoms with van der Waals surface area (Å²) in [4.78, 5) is 29.1. The maximum Gasteiger partial charge on any atom is 0.416 e. The molecule has 9 nitrogen and oxygen atoms in total. The number of hydrogen-bond donors (Lipinski definition) is 1. The van der Waals surface area contributed by atoms with Crippen LogP contribution in [-0.4, -0.2) is 45.5 Å². The first kappa shape index (κ1) is 39.3. The number of benzene rings is 4. The van der Waals surface area contributed by atoms with Crippen molar-refractivity contribution in [2.75, 3.05) is 19.8 Å². The number of carbonyl (C=O) groups excluding carboxylic acids is 1. The Morgan fingerprint density at radius 1 is 0.800 bits per heavy atom. The molecule has 6 rings (SSSR count). The lowest BCUT2D eigenvalue weighted by Gasteiger charge is -2.53. The number of H-pyrrole nitrogens is 1. The molecule has 55 heavy (non-hydrogen) atoms. The molecule has 0 unspecified atom stereocenters. The first-order chi connectivity index (χ1) is 26.2. The van der Waals surface area contributed by atoms with Gasteiger partial charge in [0.2, 0.25) is 0 Å². The highest BCUT2D eigenvalue weighted by molar-refractivity contribution is 5.70. The Morgan fingerprint density at radius 3 is 1.91 bits per heavy atom. The van der Waals surface area contributed by atoms with Gasteiger partial charge in [-0.3, -0.25) is 9.47 Å². The van der Waals surface area contributed by atoms with Crippen LogP contribution in [0.25, 0.3) is 0 Å². The van der Waals surface area contributed by atoms with Crippen LogP contribution >= 0.6 is 0 Å².